The van der Waals surface area contributed by atoms with E-state index in [0.717, 1.165) is 43.1 Å². The van der Waals surface area contributed by atoms with Gasteiger partial charge in [-0.15, -0.1) is 0 Å². The van der Waals surface area contributed by atoms with Gasteiger partial charge < -0.3 is 4.98 Å². The van der Waals surface area contributed by atoms with Crippen LogP contribution in [0.5, 0.6) is 0 Å². The van der Waals surface area contributed by atoms with Crippen molar-refractivity contribution in [3.8, 4) is 11.4 Å². The Morgan fingerprint density at radius 1 is 1.15 bits per heavy atom. The van der Waals surface area contributed by atoms with Crippen LogP contribution in [-0.2, 0) is 19.5 Å². The standard InChI is InChI=1S/C22H21N5/c1-15-4-2-6-19-17(11-24-21(15)19)13-27-9-7-20-18(14-27)12-25-22(26-20)16-5-3-8-23-10-16/h2-6,8,10-12,24H,7,9,13-14H2,1H3. The van der Waals surface area contributed by atoms with E-state index in [0.29, 0.717) is 0 Å². The molecule has 0 fully saturated rings. The smallest absolute Gasteiger partial charge is 0.160 e. The summed E-state index contributed by atoms with van der Waals surface area (Å²) in [6.07, 6.45) is 8.67. The molecule has 0 unspecified atom stereocenters. The van der Waals surface area contributed by atoms with E-state index in [9.17, 15) is 0 Å². The zero-order chi connectivity index (χ0) is 18.2. The maximum absolute atomic E-state index is 4.79. The van der Waals surface area contributed by atoms with Crippen LogP contribution in [0.2, 0.25) is 0 Å². The van der Waals surface area contributed by atoms with Gasteiger partial charge in [-0.25, -0.2) is 9.97 Å². The fourth-order valence-electron chi connectivity index (χ4n) is 3.88. The summed E-state index contributed by atoms with van der Waals surface area (Å²) in [5.74, 6) is 0.766. The van der Waals surface area contributed by atoms with Crippen molar-refractivity contribution in [2.45, 2.75) is 26.4 Å². The molecule has 3 aromatic heterocycles. The lowest BCUT2D eigenvalue weighted by Gasteiger charge is -2.27. The number of pyridine rings is 1. The molecule has 0 atom stereocenters. The van der Waals surface area contributed by atoms with Crippen molar-refractivity contribution in [1.29, 1.82) is 0 Å². The first kappa shape index (κ1) is 16.1. The SMILES string of the molecule is Cc1cccc2c(CN3CCc4nc(-c5cccnc5)ncc4C3)c[nH]c12. The van der Waals surface area contributed by atoms with E-state index in [1.54, 1.807) is 6.20 Å². The van der Waals surface area contributed by atoms with Crippen molar-refractivity contribution >= 4 is 10.9 Å². The van der Waals surface area contributed by atoms with Crippen LogP contribution in [0, 0.1) is 6.92 Å². The van der Waals surface area contributed by atoms with E-state index in [2.05, 4.69) is 51.2 Å². The number of nitrogens with zero attached hydrogens (tertiary/aromatic N) is 4. The third-order valence-corrected chi connectivity index (χ3v) is 5.34. The number of aromatic amines is 1. The number of aryl methyl sites for hydroxylation is 1. The Balaban J connectivity index is 1.37. The summed E-state index contributed by atoms with van der Waals surface area (Å²) in [5.41, 5.74) is 7.25. The predicted octanol–water partition coefficient (Wildman–Crippen LogP) is 3.89. The molecule has 0 bridgehead atoms. The molecule has 5 heteroatoms. The second kappa shape index (κ2) is 6.59. The summed E-state index contributed by atoms with van der Waals surface area (Å²) in [4.78, 5) is 19.4. The minimum Gasteiger partial charge on any atom is -0.361 e. The van der Waals surface area contributed by atoms with Gasteiger partial charge in [-0.1, -0.05) is 18.2 Å². The van der Waals surface area contributed by atoms with E-state index in [-0.39, 0.29) is 0 Å². The zero-order valence-electron chi connectivity index (χ0n) is 15.3. The number of benzene rings is 1. The third kappa shape index (κ3) is 3.00. The second-order valence-electron chi connectivity index (χ2n) is 7.18. The summed E-state index contributed by atoms with van der Waals surface area (Å²) in [5, 5.41) is 1.32. The quantitative estimate of drug-likeness (QED) is 0.606. The summed E-state index contributed by atoms with van der Waals surface area (Å²) in [6, 6.07) is 10.4. The third-order valence-electron chi connectivity index (χ3n) is 5.34. The van der Waals surface area contributed by atoms with Gasteiger partial charge in [0, 0.05) is 72.9 Å². The van der Waals surface area contributed by atoms with Gasteiger partial charge >= 0.3 is 0 Å². The molecule has 0 saturated heterocycles. The number of hydrogen-bond acceptors (Lipinski definition) is 4. The number of aromatic nitrogens is 4. The summed E-state index contributed by atoms with van der Waals surface area (Å²) in [7, 11) is 0. The van der Waals surface area contributed by atoms with E-state index < -0.39 is 0 Å². The molecule has 0 amide bonds. The molecule has 0 spiro atoms. The summed E-state index contributed by atoms with van der Waals surface area (Å²) < 4.78 is 0. The molecule has 0 aliphatic carbocycles. The van der Waals surface area contributed by atoms with Crippen molar-refractivity contribution in [1.82, 2.24) is 24.8 Å². The van der Waals surface area contributed by atoms with E-state index >= 15 is 0 Å². The Labute approximate surface area is 158 Å². The highest BCUT2D eigenvalue weighted by molar-refractivity contribution is 5.85. The highest BCUT2D eigenvalue weighted by atomic mass is 15.1. The van der Waals surface area contributed by atoms with Crippen LogP contribution in [0.1, 0.15) is 22.4 Å². The largest absolute Gasteiger partial charge is 0.361 e. The Bertz CT molecular complexity index is 1100. The van der Waals surface area contributed by atoms with Gasteiger partial charge in [-0.05, 0) is 30.2 Å². The molecule has 5 nitrogen and oxygen atoms in total. The first-order valence-electron chi connectivity index (χ1n) is 9.31. The normalized spacial score (nSPS) is 14.4. The lowest BCUT2D eigenvalue weighted by atomic mass is 10.0. The van der Waals surface area contributed by atoms with Crippen LogP contribution in [0.3, 0.4) is 0 Å². The molecule has 5 rings (SSSR count). The van der Waals surface area contributed by atoms with Crippen LogP contribution in [-0.4, -0.2) is 31.4 Å². The fourth-order valence-corrected chi connectivity index (χ4v) is 3.88. The van der Waals surface area contributed by atoms with Crippen LogP contribution < -0.4 is 0 Å². The molecular formula is C22H21N5. The van der Waals surface area contributed by atoms with Gasteiger partial charge in [0.25, 0.3) is 0 Å². The number of fused-ring (bicyclic) bond motifs is 2. The molecule has 1 aliphatic heterocycles. The molecule has 4 heterocycles. The molecule has 4 aromatic rings. The Hall–Kier alpha value is -3.05. The van der Waals surface area contributed by atoms with Crippen molar-refractivity contribution < 1.29 is 0 Å². The molecule has 1 N–H and O–H groups in total. The molecule has 27 heavy (non-hydrogen) atoms. The lowest BCUT2D eigenvalue weighted by Crippen LogP contribution is -2.30. The number of hydrogen-bond donors (Lipinski definition) is 1. The maximum Gasteiger partial charge on any atom is 0.160 e. The molecule has 1 aromatic carbocycles. The van der Waals surface area contributed by atoms with Gasteiger partial charge in [-0.2, -0.15) is 0 Å². The van der Waals surface area contributed by atoms with Gasteiger partial charge in [0.05, 0.1) is 5.69 Å². The van der Waals surface area contributed by atoms with Crippen molar-refractivity contribution in [2.75, 3.05) is 6.54 Å². The maximum atomic E-state index is 4.79. The van der Waals surface area contributed by atoms with Crippen LogP contribution in [0.4, 0.5) is 0 Å². The molecule has 0 radical (unpaired) electrons. The lowest BCUT2D eigenvalue weighted by molar-refractivity contribution is 0.244. The molecular weight excluding hydrogens is 334 g/mol. The number of rotatable bonds is 3. The Morgan fingerprint density at radius 2 is 2.11 bits per heavy atom. The van der Waals surface area contributed by atoms with Crippen molar-refractivity contribution in [2.24, 2.45) is 0 Å². The molecule has 1 aliphatic rings. The van der Waals surface area contributed by atoms with Gasteiger partial charge in [0.15, 0.2) is 5.82 Å². The van der Waals surface area contributed by atoms with Crippen LogP contribution >= 0.6 is 0 Å². The van der Waals surface area contributed by atoms with Crippen LogP contribution in [0.15, 0.2) is 55.1 Å². The summed E-state index contributed by atoms with van der Waals surface area (Å²) >= 11 is 0. The second-order valence-corrected chi connectivity index (χ2v) is 7.18. The fraction of sp³-hybridized carbons (Fsp3) is 0.227. The summed E-state index contributed by atoms with van der Waals surface area (Å²) in [6.45, 7) is 4.99. The van der Waals surface area contributed by atoms with Crippen molar-refractivity contribution in [3.63, 3.8) is 0 Å². The van der Waals surface area contributed by atoms with Gasteiger partial charge in [0.1, 0.15) is 0 Å². The van der Waals surface area contributed by atoms with Gasteiger partial charge in [-0.3, -0.25) is 9.88 Å². The first-order valence-corrected chi connectivity index (χ1v) is 9.31. The highest BCUT2D eigenvalue weighted by Gasteiger charge is 2.20. The van der Waals surface area contributed by atoms with E-state index in [1.165, 1.54) is 27.6 Å². The van der Waals surface area contributed by atoms with Gasteiger partial charge in [0.2, 0.25) is 0 Å². The zero-order valence-corrected chi connectivity index (χ0v) is 15.3. The monoisotopic (exact) mass is 355 g/mol. The molecule has 0 saturated carbocycles. The average Bonchev–Trinajstić information content (AvgIpc) is 3.12. The van der Waals surface area contributed by atoms with Crippen molar-refractivity contribution in [3.05, 3.63) is 77.5 Å². The highest BCUT2D eigenvalue weighted by Crippen LogP contribution is 2.25. The predicted molar refractivity (Wildman–Crippen MR) is 106 cm³/mol. The minimum absolute atomic E-state index is 0.766. The van der Waals surface area contributed by atoms with E-state index in [1.807, 2.05) is 24.5 Å². The topological polar surface area (TPSA) is 57.7 Å². The number of nitrogens with one attached hydrogen (secondary N) is 1. The first-order chi connectivity index (χ1) is 13.3. The number of H-pyrrole nitrogens is 1. The van der Waals surface area contributed by atoms with E-state index in [4.69, 9.17) is 4.98 Å². The number of para-hydroxylation sites is 1. The Morgan fingerprint density at radius 3 is 3.00 bits per heavy atom. The Kier molecular flexibility index (Phi) is 3.94. The minimum atomic E-state index is 0.766. The van der Waals surface area contributed by atoms with Crippen LogP contribution in [0.25, 0.3) is 22.3 Å². The average molecular weight is 355 g/mol. The molecule has 134 valence electrons.